The molecule has 7 nitrogen and oxygen atoms in total. The molecule has 0 unspecified atom stereocenters. The fraction of sp³-hybridized carbons (Fsp3) is 0.235. The Hall–Kier alpha value is -3.09. The molecule has 1 aromatic carbocycles. The van der Waals surface area contributed by atoms with E-state index in [0.717, 1.165) is 22.3 Å². The van der Waals surface area contributed by atoms with E-state index in [0.29, 0.717) is 11.5 Å². The summed E-state index contributed by atoms with van der Waals surface area (Å²) in [6.07, 6.45) is 3.32. The molecule has 0 radical (unpaired) electrons. The fourth-order valence-electron chi connectivity index (χ4n) is 2.75. The molecular formula is C17H17N7. The molecule has 0 spiro atoms. The number of hydrogen-bond acceptors (Lipinski definition) is 5. The Morgan fingerprint density at radius 2 is 1.71 bits per heavy atom. The molecule has 0 saturated carbocycles. The second kappa shape index (κ2) is 5.23. The van der Waals surface area contributed by atoms with Gasteiger partial charge in [0.15, 0.2) is 5.65 Å². The summed E-state index contributed by atoms with van der Waals surface area (Å²) in [6.45, 7) is 6.59. The summed E-state index contributed by atoms with van der Waals surface area (Å²) in [4.78, 5) is 12.1. The summed E-state index contributed by atoms with van der Waals surface area (Å²) in [7, 11) is 0. The van der Waals surface area contributed by atoms with Crippen molar-refractivity contribution in [3.8, 4) is 22.6 Å². The number of hydrogen-bond donors (Lipinski definition) is 2. The van der Waals surface area contributed by atoms with Crippen molar-refractivity contribution < 1.29 is 0 Å². The van der Waals surface area contributed by atoms with Gasteiger partial charge in [0, 0.05) is 12.4 Å². The van der Waals surface area contributed by atoms with Crippen molar-refractivity contribution in [2.45, 2.75) is 26.2 Å². The van der Waals surface area contributed by atoms with Crippen molar-refractivity contribution in [3.05, 3.63) is 42.2 Å². The van der Waals surface area contributed by atoms with Crippen LogP contribution in [0.1, 0.15) is 26.3 Å². The minimum Gasteiger partial charge on any atom is -0.337 e. The first-order chi connectivity index (χ1) is 11.5. The second-order valence-corrected chi connectivity index (χ2v) is 6.69. The van der Waals surface area contributed by atoms with E-state index in [1.165, 1.54) is 5.56 Å². The van der Waals surface area contributed by atoms with E-state index in [-0.39, 0.29) is 5.41 Å². The smallest absolute Gasteiger partial charge is 0.209 e. The van der Waals surface area contributed by atoms with Gasteiger partial charge in [0.2, 0.25) is 5.82 Å². The molecule has 0 saturated heterocycles. The quantitative estimate of drug-likeness (QED) is 0.592. The number of nitrogens with one attached hydrogen (secondary N) is 2. The van der Waals surface area contributed by atoms with Crippen LogP contribution in [0.5, 0.6) is 0 Å². The van der Waals surface area contributed by atoms with Crippen LogP contribution in [0.15, 0.2) is 36.7 Å². The second-order valence-electron chi connectivity index (χ2n) is 6.69. The summed E-state index contributed by atoms with van der Waals surface area (Å²) in [5.41, 5.74) is 5.54. The Bertz CT molecular complexity index is 976. The topological polar surface area (TPSA) is 96.0 Å². The van der Waals surface area contributed by atoms with Crippen LogP contribution in [0, 0.1) is 0 Å². The van der Waals surface area contributed by atoms with Gasteiger partial charge in [-0.05, 0) is 21.8 Å². The Morgan fingerprint density at radius 1 is 0.958 bits per heavy atom. The predicted octanol–water partition coefficient (Wildman–Crippen LogP) is 3.10. The van der Waals surface area contributed by atoms with Gasteiger partial charge in [-0.2, -0.15) is 5.21 Å². The zero-order valence-electron chi connectivity index (χ0n) is 13.7. The molecule has 120 valence electrons. The van der Waals surface area contributed by atoms with Crippen molar-refractivity contribution in [1.29, 1.82) is 0 Å². The summed E-state index contributed by atoms with van der Waals surface area (Å²) in [5, 5.41) is 14.4. The lowest BCUT2D eigenvalue weighted by molar-refractivity contribution is 0.590. The lowest BCUT2D eigenvalue weighted by Crippen LogP contribution is -2.10. The standard InChI is InChI=1S/C17H17N7/c1-17(2,3)11-6-4-10(5-7-11)13-12(15-21-23-24-22-15)14-16(20-13)19-9-8-18-14/h4-9H,1-3H3,(H,19,20)(H,21,22,23,24). The van der Waals surface area contributed by atoms with Crippen molar-refractivity contribution in [1.82, 2.24) is 35.6 Å². The summed E-state index contributed by atoms with van der Waals surface area (Å²) in [6, 6.07) is 8.47. The highest BCUT2D eigenvalue weighted by Gasteiger charge is 2.20. The van der Waals surface area contributed by atoms with Crippen LogP contribution in [0.2, 0.25) is 0 Å². The van der Waals surface area contributed by atoms with Crippen molar-refractivity contribution in [2.24, 2.45) is 0 Å². The minimum absolute atomic E-state index is 0.110. The van der Waals surface area contributed by atoms with Crippen LogP contribution in [0.3, 0.4) is 0 Å². The summed E-state index contributed by atoms with van der Waals surface area (Å²) in [5.74, 6) is 0.497. The highest BCUT2D eigenvalue weighted by molar-refractivity contribution is 5.98. The molecule has 0 aliphatic carbocycles. The van der Waals surface area contributed by atoms with Crippen molar-refractivity contribution >= 4 is 11.2 Å². The molecule has 2 N–H and O–H groups in total. The number of aromatic nitrogens is 7. The summed E-state index contributed by atoms with van der Waals surface area (Å²) < 4.78 is 0. The molecule has 0 amide bonds. The van der Waals surface area contributed by atoms with E-state index >= 15 is 0 Å². The lowest BCUT2D eigenvalue weighted by atomic mass is 9.86. The molecule has 0 bridgehead atoms. The van der Waals surface area contributed by atoms with Crippen LogP contribution in [0.25, 0.3) is 33.8 Å². The van der Waals surface area contributed by atoms with E-state index in [1.54, 1.807) is 12.4 Å². The number of H-pyrrole nitrogens is 2. The number of benzene rings is 1. The zero-order valence-corrected chi connectivity index (χ0v) is 13.7. The highest BCUT2D eigenvalue weighted by atomic mass is 15.5. The molecular weight excluding hydrogens is 302 g/mol. The molecule has 0 aliphatic heterocycles. The highest BCUT2D eigenvalue weighted by Crippen LogP contribution is 2.35. The molecule has 3 heterocycles. The van der Waals surface area contributed by atoms with Crippen molar-refractivity contribution in [2.75, 3.05) is 0 Å². The van der Waals surface area contributed by atoms with Gasteiger partial charge in [0.05, 0.1) is 11.3 Å². The van der Waals surface area contributed by atoms with Gasteiger partial charge in [-0.1, -0.05) is 45.0 Å². The predicted molar refractivity (Wildman–Crippen MR) is 91.2 cm³/mol. The van der Waals surface area contributed by atoms with Gasteiger partial charge in [0.1, 0.15) is 5.52 Å². The van der Waals surface area contributed by atoms with Crippen LogP contribution >= 0.6 is 0 Å². The third kappa shape index (κ3) is 2.34. The van der Waals surface area contributed by atoms with Crippen LogP contribution in [0.4, 0.5) is 0 Å². The van der Waals surface area contributed by atoms with Crippen LogP contribution < -0.4 is 0 Å². The summed E-state index contributed by atoms with van der Waals surface area (Å²) >= 11 is 0. The lowest BCUT2D eigenvalue weighted by Gasteiger charge is -2.19. The maximum atomic E-state index is 4.42. The maximum absolute atomic E-state index is 4.42. The van der Waals surface area contributed by atoms with Gasteiger partial charge in [0.25, 0.3) is 0 Å². The van der Waals surface area contributed by atoms with E-state index in [9.17, 15) is 0 Å². The zero-order chi connectivity index (χ0) is 16.7. The molecule has 24 heavy (non-hydrogen) atoms. The Balaban J connectivity index is 1.92. The number of fused-ring (bicyclic) bond motifs is 1. The Labute approximate surface area is 138 Å². The first kappa shape index (κ1) is 14.5. The van der Waals surface area contributed by atoms with Crippen LogP contribution in [-0.2, 0) is 5.41 Å². The third-order valence-corrected chi connectivity index (χ3v) is 4.04. The Morgan fingerprint density at radius 3 is 2.38 bits per heavy atom. The number of nitrogens with zero attached hydrogens (tertiary/aromatic N) is 5. The monoisotopic (exact) mass is 319 g/mol. The first-order valence-corrected chi connectivity index (χ1v) is 7.71. The van der Waals surface area contributed by atoms with Crippen LogP contribution in [-0.4, -0.2) is 35.6 Å². The molecule has 4 aromatic rings. The molecule has 0 atom stereocenters. The van der Waals surface area contributed by atoms with Gasteiger partial charge in [-0.25, -0.2) is 4.98 Å². The number of tetrazole rings is 1. The van der Waals surface area contributed by atoms with Gasteiger partial charge in [-0.3, -0.25) is 4.98 Å². The SMILES string of the molecule is CC(C)(C)c1ccc(-c2[nH]c3nccnc3c2-c2nn[nH]n2)cc1. The Kier molecular flexibility index (Phi) is 3.16. The largest absolute Gasteiger partial charge is 0.337 e. The van der Waals surface area contributed by atoms with Gasteiger partial charge < -0.3 is 4.98 Å². The van der Waals surface area contributed by atoms with E-state index in [2.05, 4.69) is 80.6 Å². The fourth-order valence-corrected chi connectivity index (χ4v) is 2.75. The molecule has 4 rings (SSSR count). The average Bonchev–Trinajstić information content (AvgIpc) is 3.21. The third-order valence-electron chi connectivity index (χ3n) is 4.04. The number of aromatic amines is 2. The molecule has 7 heteroatoms. The van der Waals surface area contributed by atoms with E-state index < -0.39 is 0 Å². The minimum atomic E-state index is 0.110. The first-order valence-electron chi connectivity index (χ1n) is 7.71. The van der Waals surface area contributed by atoms with Gasteiger partial charge in [-0.15, -0.1) is 10.2 Å². The normalized spacial score (nSPS) is 12.0. The average molecular weight is 319 g/mol. The number of rotatable bonds is 2. The van der Waals surface area contributed by atoms with Crippen molar-refractivity contribution in [3.63, 3.8) is 0 Å². The molecule has 3 aromatic heterocycles. The van der Waals surface area contributed by atoms with E-state index in [1.807, 2.05) is 0 Å². The molecule has 0 aliphatic rings. The van der Waals surface area contributed by atoms with E-state index in [4.69, 9.17) is 0 Å². The maximum Gasteiger partial charge on any atom is 0.209 e. The van der Waals surface area contributed by atoms with Gasteiger partial charge >= 0.3 is 0 Å². The molecule has 0 fully saturated rings.